The predicted molar refractivity (Wildman–Crippen MR) is 81.8 cm³/mol. The van der Waals surface area contributed by atoms with Crippen LogP contribution in [-0.4, -0.2) is 20.2 Å². The maximum Gasteiger partial charge on any atom is 0.143 e. The molecule has 106 valence electrons. The second-order valence-electron chi connectivity index (χ2n) is 6.43. The van der Waals surface area contributed by atoms with Gasteiger partial charge in [0.1, 0.15) is 5.75 Å². The molecule has 3 nitrogen and oxygen atoms in total. The van der Waals surface area contributed by atoms with Gasteiger partial charge in [0, 0.05) is 24.8 Å². The minimum absolute atomic E-state index is 0.510. The van der Waals surface area contributed by atoms with Crippen LogP contribution in [0.1, 0.15) is 39.5 Å². The summed E-state index contributed by atoms with van der Waals surface area (Å²) in [5.74, 6) is 0.764. The Morgan fingerprint density at radius 2 is 1.89 bits per heavy atom. The third-order valence-corrected chi connectivity index (χ3v) is 4.48. The molecule has 0 atom stereocenters. The first-order valence-electron chi connectivity index (χ1n) is 7.09. The van der Waals surface area contributed by atoms with E-state index in [0.717, 1.165) is 5.75 Å². The average Bonchev–Trinajstić information content (AvgIpc) is 2.38. The minimum Gasteiger partial charge on any atom is -0.495 e. The topological polar surface area (TPSA) is 38.5 Å². The van der Waals surface area contributed by atoms with E-state index in [-0.39, 0.29) is 0 Å². The fraction of sp³-hybridized carbons (Fsp3) is 0.625. The predicted octanol–water partition coefficient (Wildman–Crippen LogP) is 3.68. The molecule has 0 amide bonds. The number of rotatable bonds is 3. The Labute approximate surface area is 116 Å². The van der Waals surface area contributed by atoms with Gasteiger partial charge in [0.15, 0.2) is 0 Å². The molecule has 0 aromatic heterocycles. The van der Waals surface area contributed by atoms with E-state index in [1.165, 1.54) is 31.4 Å². The number of nitrogens with two attached hydrogens (primary N) is 1. The van der Waals surface area contributed by atoms with E-state index in [1.807, 2.05) is 12.1 Å². The maximum atomic E-state index is 5.87. The summed E-state index contributed by atoms with van der Waals surface area (Å²) in [6.07, 6.45) is 5.12. The Morgan fingerprint density at radius 1 is 1.26 bits per heavy atom. The molecular weight excluding hydrogens is 236 g/mol. The second-order valence-corrected chi connectivity index (χ2v) is 6.43. The summed E-state index contributed by atoms with van der Waals surface area (Å²) in [6, 6.07) is 6.67. The molecule has 0 unspecified atom stereocenters. The van der Waals surface area contributed by atoms with Gasteiger partial charge in [-0.2, -0.15) is 0 Å². The zero-order valence-corrected chi connectivity index (χ0v) is 12.6. The summed E-state index contributed by atoms with van der Waals surface area (Å²) < 4.78 is 5.30. The van der Waals surface area contributed by atoms with Crippen LogP contribution in [0.5, 0.6) is 5.75 Å². The van der Waals surface area contributed by atoms with Crippen molar-refractivity contribution in [2.75, 3.05) is 24.8 Å². The zero-order chi connectivity index (χ0) is 14.0. The third-order valence-electron chi connectivity index (χ3n) is 4.48. The number of nitrogen functional groups attached to an aromatic ring is 1. The summed E-state index contributed by atoms with van der Waals surface area (Å²) in [7, 11) is 3.84. The van der Waals surface area contributed by atoms with Gasteiger partial charge in [-0.1, -0.05) is 13.8 Å². The highest BCUT2D eigenvalue weighted by molar-refractivity contribution is 5.62. The number of methoxy groups -OCH3 is 1. The Balaban J connectivity index is 2.10. The number of ether oxygens (including phenoxy) is 1. The smallest absolute Gasteiger partial charge is 0.143 e. The van der Waals surface area contributed by atoms with E-state index in [1.54, 1.807) is 7.11 Å². The summed E-state index contributed by atoms with van der Waals surface area (Å²) >= 11 is 0. The summed E-state index contributed by atoms with van der Waals surface area (Å²) in [6.45, 7) is 4.74. The Kier molecular flexibility index (Phi) is 3.93. The number of benzene rings is 1. The molecule has 0 spiro atoms. The van der Waals surface area contributed by atoms with Gasteiger partial charge in [-0.3, -0.25) is 0 Å². The van der Waals surface area contributed by atoms with E-state index >= 15 is 0 Å². The molecule has 0 heterocycles. The van der Waals surface area contributed by atoms with Crippen LogP contribution in [-0.2, 0) is 0 Å². The first kappa shape index (κ1) is 14.0. The summed E-state index contributed by atoms with van der Waals surface area (Å²) in [5.41, 5.74) is 8.27. The molecular formula is C16H26N2O. The van der Waals surface area contributed by atoms with Gasteiger partial charge in [-0.15, -0.1) is 0 Å². The fourth-order valence-electron chi connectivity index (χ4n) is 2.90. The van der Waals surface area contributed by atoms with Crippen molar-refractivity contribution in [2.24, 2.45) is 5.41 Å². The quantitative estimate of drug-likeness (QED) is 0.844. The van der Waals surface area contributed by atoms with E-state index in [4.69, 9.17) is 10.5 Å². The largest absolute Gasteiger partial charge is 0.495 e. The van der Waals surface area contributed by atoms with Crippen LogP contribution in [0, 0.1) is 5.41 Å². The molecule has 1 saturated carbocycles. The third kappa shape index (κ3) is 3.14. The molecule has 2 N–H and O–H groups in total. The molecule has 3 heteroatoms. The van der Waals surface area contributed by atoms with Crippen molar-refractivity contribution in [1.29, 1.82) is 0 Å². The Hall–Kier alpha value is -1.38. The van der Waals surface area contributed by atoms with Gasteiger partial charge >= 0.3 is 0 Å². The van der Waals surface area contributed by atoms with Gasteiger partial charge in [-0.25, -0.2) is 0 Å². The molecule has 19 heavy (non-hydrogen) atoms. The first-order valence-corrected chi connectivity index (χ1v) is 7.09. The van der Waals surface area contributed by atoms with E-state index in [9.17, 15) is 0 Å². The van der Waals surface area contributed by atoms with Crippen LogP contribution in [0.3, 0.4) is 0 Å². The van der Waals surface area contributed by atoms with Gasteiger partial charge in [0.05, 0.1) is 12.8 Å². The van der Waals surface area contributed by atoms with Crippen LogP contribution in [0.15, 0.2) is 18.2 Å². The number of anilines is 2. The molecule has 1 aromatic carbocycles. The van der Waals surface area contributed by atoms with Crippen LogP contribution < -0.4 is 15.4 Å². The minimum atomic E-state index is 0.510. The van der Waals surface area contributed by atoms with Crippen molar-refractivity contribution in [3.8, 4) is 5.75 Å². The maximum absolute atomic E-state index is 5.87. The number of hydrogen-bond acceptors (Lipinski definition) is 3. The van der Waals surface area contributed by atoms with Crippen molar-refractivity contribution in [1.82, 2.24) is 0 Å². The second kappa shape index (κ2) is 5.32. The van der Waals surface area contributed by atoms with E-state index < -0.39 is 0 Å². The monoisotopic (exact) mass is 262 g/mol. The van der Waals surface area contributed by atoms with Crippen molar-refractivity contribution in [3.05, 3.63) is 18.2 Å². The molecule has 1 aliphatic rings. The van der Waals surface area contributed by atoms with Gasteiger partial charge < -0.3 is 15.4 Å². The van der Waals surface area contributed by atoms with Crippen molar-refractivity contribution >= 4 is 11.4 Å². The molecule has 0 saturated heterocycles. The fourth-order valence-corrected chi connectivity index (χ4v) is 2.90. The Bertz CT molecular complexity index is 432. The normalized spacial score (nSPS) is 19.2. The molecule has 0 radical (unpaired) electrons. The standard InChI is InChI=1S/C16H26N2O/c1-16(2)9-7-12(8-10-16)18(3)13-5-6-14(17)15(11-13)19-4/h5-6,11-12H,7-10,17H2,1-4H3. The highest BCUT2D eigenvalue weighted by atomic mass is 16.5. The van der Waals surface area contributed by atoms with Crippen LogP contribution in [0.4, 0.5) is 11.4 Å². The molecule has 1 fully saturated rings. The molecule has 2 rings (SSSR count). The summed E-state index contributed by atoms with van der Waals surface area (Å²) in [5, 5.41) is 0. The molecule has 1 aromatic rings. The lowest BCUT2D eigenvalue weighted by Crippen LogP contribution is -2.37. The lowest BCUT2D eigenvalue weighted by Gasteiger charge is -2.39. The summed E-state index contributed by atoms with van der Waals surface area (Å²) in [4.78, 5) is 2.37. The van der Waals surface area contributed by atoms with Gasteiger partial charge in [-0.05, 0) is 43.2 Å². The lowest BCUT2D eigenvalue weighted by molar-refractivity contribution is 0.222. The lowest BCUT2D eigenvalue weighted by atomic mass is 9.75. The van der Waals surface area contributed by atoms with Crippen molar-refractivity contribution < 1.29 is 4.74 Å². The van der Waals surface area contributed by atoms with Gasteiger partial charge in [0.2, 0.25) is 0 Å². The van der Waals surface area contributed by atoms with Crippen LogP contribution in [0.2, 0.25) is 0 Å². The van der Waals surface area contributed by atoms with E-state index in [0.29, 0.717) is 17.1 Å². The Morgan fingerprint density at radius 3 is 2.47 bits per heavy atom. The zero-order valence-electron chi connectivity index (χ0n) is 12.6. The van der Waals surface area contributed by atoms with Gasteiger partial charge in [0.25, 0.3) is 0 Å². The van der Waals surface area contributed by atoms with Crippen LogP contribution in [0.25, 0.3) is 0 Å². The highest BCUT2D eigenvalue weighted by Crippen LogP contribution is 2.38. The highest BCUT2D eigenvalue weighted by Gasteiger charge is 2.29. The molecule has 0 bridgehead atoms. The SMILES string of the molecule is COc1cc(N(C)C2CCC(C)(C)CC2)ccc1N. The number of hydrogen-bond donors (Lipinski definition) is 1. The van der Waals surface area contributed by atoms with Crippen molar-refractivity contribution in [3.63, 3.8) is 0 Å². The average molecular weight is 262 g/mol. The van der Waals surface area contributed by atoms with E-state index in [2.05, 4.69) is 31.9 Å². The first-order chi connectivity index (χ1) is 8.93. The molecule has 1 aliphatic carbocycles. The molecule has 0 aliphatic heterocycles. The van der Waals surface area contributed by atoms with Crippen LogP contribution >= 0.6 is 0 Å². The number of nitrogens with zero attached hydrogens (tertiary/aromatic N) is 1. The van der Waals surface area contributed by atoms with Crippen molar-refractivity contribution in [2.45, 2.75) is 45.6 Å².